The van der Waals surface area contributed by atoms with Crippen LogP contribution < -0.4 is 5.43 Å². The molecule has 0 aliphatic carbocycles. The summed E-state index contributed by atoms with van der Waals surface area (Å²) in [6, 6.07) is 9.91. The van der Waals surface area contributed by atoms with Crippen molar-refractivity contribution in [3.05, 3.63) is 30.3 Å². The van der Waals surface area contributed by atoms with E-state index in [1.165, 1.54) is 11.8 Å². The molecule has 19 heavy (non-hydrogen) atoms. The van der Waals surface area contributed by atoms with E-state index in [1.54, 1.807) is 0 Å². The Labute approximate surface area is 118 Å². The third-order valence-corrected chi connectivity index (χ3v) is 4.03. The van der Waals surface area contributed by atoms with Crippen LogP contribution in [0.25, 0.3) is 0 Å². The van der Waals surface area contributed by atoms with Crippen LogP contribution in [0.5, 0.6) is 0 Å². The molecule has 2 rings (SSSR count). The second-order valence-electron chi connectivity index (χ2n) is 4.62. The van der Waals surface area contributed by atoms with Gasteiger partial charge in [0, 0.05) is 36.5 Å². The SMILES string of the molecule is CN1CCC(=NNC(=O)CSc2ccccc2)CC1. The summed E-state index contributed by atoms with van der Waals surface area (Å²) < 4.78 is 0. The zero-order valence-corrected chi connectivity index (χ0v) is 11.9. The quantitative estimate of drug-likeness (QED) is 0.676. The van der Waals surface area contributed by atoms with Gasteiger partial charge in [-0.1, -0.05) is 18.2 Å². The van der Waals surface area contributed by atoms with Gasteiger partial charge in [-0.2, -0.15) is 5.10 Å². The Kier molecular flexibility index (Phi) is 5.42. The van der Waals surface area contributed by atoms with E-state index in [0.717, 1.165) is 36.5 Å². The molecule has 1 N–H and O–H groups in total. The first kappa shape index (κ1) is 14.1. The monoisotopic (exact) mass is 277 g/mol. The van der Waals surface area contributed by atoms with Gasteiger partial charge >= 0.3 is 0 Å². The van der Waals surface area contributed by atoms with Gasteiger partial charge < -0.3 is 4.90 Å². The van der Waals surface area contributed by atoms with Gasteiger partial charge in [-0.25, -0.2) is 5.43 Å². The fourth-order valence-corrected chi connectivity index (χ4v) is 2.54. The summed E-state index contributed by atoms with van der Waals surface area (Å²) in [5, 5.41) is 4.21. The van der Waals surface area contributed by atoms with E-state index in [2.05, 4.69) is 22.5 Å². The number of likely N-dealkylation sites (tertiary alicyclic amines) is 1. The van der Waals surface area contributed by atoms with Gasteiger partial charge in [0.25, 0.3) is 0 Å². The first-order valence-corrected chi connectivity index (χ1v) is 7.43. The first-order chi connectivity index (χ1) is 9.24. The topological polar surface area (TPSA) is 44.7 Å². The second-order valence-corrected chi connectivity index (χ2v) is 5.67. The summed E-state index contributed by atoms with van der Waals surface area (Å²) in [5.41, 5.74) is 3.74. The maximum Gasteiger partial charge on any atom is 0.250 e. The molecular formula is C14H19N3OS. The largest absolute Gasteiger partial charge is 0.306 e. The summed E-state index contributed by atoms with van der Waals surface area (Å²) in [4.78, 5) is 15.0. The van der Waals surface area contributed by atoms with Crippen LogP contribution >= 0.6 is 11.8 Å². The summed E-state index contributed by atoms with van der Waals surface area (Å²) in [7, 11) is 2.10. The smallest absolute Gasteiger partial charge is 0.250 e. The van der Waals surface area contributed by atoms with Crippen LogP contribution in [0.3, 0.4) is 0 Å². The number of benzene rings is 1. The van der Waals surface area contributed by atoms with E-state index in [9.17, 15) is 4.79 Å². The number of amides is 1. The Balaban J connectivity index is 1.71. The van der Waals surface area contributed by atoms with Crippen molar-refractivity contribution in [2.24, 2.45) is 5.10 Å². The zero-order chi connectivity index (χ0) is 13.5. The van der Waals surface area contributed by atoms with Gasteiger partial charge in [0.05, 0.1) is 5.75 Å². The third-order valence-electron chi connectivity index (χ3n) is 3.02. The molecule has 1 aliphatic rings. The van der Waals surface area contributed by atoms with Crippen LogP contribution in [0.1, 0.15) is 12.8 Å². The molecule has 0 unspecified atom stereocenters. The fourth-order valence-electron chi connectivity index (χ4n) is 1.83. The minimum atomic E-state index is -0.0414. The van der Waals surface area contributed by atoms with Gasteiger partial charge in [-0.05, 0) is 19.2 Å². The number of nitrogens with one attached hydrogen (secondary N) is 1. The van der Waals surface area contributed by atoms with Crippen molar-refractivity contribution in [1.82, 2.24) is 10.3 Å². The summed E-state index contributed by atoms with van der Waals surface area (Å²) >= 11 is 1.53. The normalized spacial score (nSPS) is 16.2. The molecule has 0 spiro atoms. The molecule has 5 heteroatoms. The molecule has 0 saturated carbocycles. The number of nitrogens with zero attached hydrogens (tertiary/aromatic N) is 2. The van der Waals surface area contributed by atoms with Crippen LogP contribution in [0.4, 0.5) is 0 Å². The maximum absolute atomic E-state index is 11.7. The van der Waals surface area contributed by atoms with Gasteiger partial charge in [-0.15, -0.1) is 11.8 Å². The summed E-state index contributed by atoms with van der Waals surface area (Å²) in [6.45, 7) is 2.04. The number of hydrazone groups is 1. The zero-order valence-electron chi connectivity index (χ0n) is 11.1. The molecule has 0 bridgehead atoms. The molecule has 1 amide bonds. The number of rotatable bonds is 4. The number of hydrogen-bond acceptors (Lipinski definition) is 4. The lowest BCUT2D eigenvalue weighted by Gasteiger charge is -2.22. The Morgan fingerprint density at radius 3 is 2.68 bits per heavy atom. The average molecular weight is 277 g/mol. The van der Waals surface area contributed by atoms with Crippen molar-refractivity contribution in [2.75, 3.05) is 25.9 Å². The molecule has 1 fully saturated rings. The van der Waals surface area contributed by atoms with Gasteiger partial charge in [0.2, 0.25) is 5.91 Å². The molecule has 4 nitrogen and oxygen atoms in total. The second kappa shape index (κ2) is 7.31. The van der Waals surface area contributed by atoms with E-state index in [1.807, 2.05) is 30.3 Å². The minimum Gasteiger partial charge on any atom is -0.306 e. The van der Waals surface area contributed by atoms with Crippen LogP contribution in [-0.2, 0) is 4.79 Å². The third kappa shape index (κ3) is 5.04. The fraction of sp³-hybridized carbons (Fsp3) is 0.429. The van der Waals surface area contributed by atoms with Gasteiger partial charge in [-0.3, -0.25) is 4.79 Å². The number of hydrogen-bond donors (Lipinski definition) is 1. The Morgan fingerprint density at radius 2 is 2.00 bits per heavy atom. The predicted molar refractivity (Wildman–Crippen MR) is 79.5 cm³/mol. The first-order valence-electron chi connectivity index (χ1n) is 6.45. The van der Waals surface area contributed by atoms with E-state index >= 15 is 0 Å². The molecular weight excluding hydrogens is 258 g/mol. The van der Waals surface area contributed by atoms with E-state index in [0.29, 0.717) is 5.75 Å². The Bertz CT molecular complexity index is 437. The molecule has 1 heterocycles. The Morgan fingerprint density at radius 1 is 1.32 bits per heavy atom. The highest BCUT2D eigenvalue weighted by molar-refractivity contribution is 8.00. The van der Waals surface area contributed by atoms with Crippen molar-refractivity contribution in [1.29, 1.82) is 0 Å². The highest BCUT2D eigenvalue weighted by Crippen LogP contribution is 2.16. The standard InChI is InChI=1S/C14H19N3OS/c1-17-9-7-12(8-10-17)15-16-14(18)11-19-13-5-3-2-4-6-13/h2-6H,7-11H2,1H3,(H,16,18). The van der Waals surface area contributed by atoms with Crippen molar-refractivity contribution in [3.8, 4) is 0 Å². The minimum absolute atomic E-state index is 0.0414. The predicted octanol–water partition coefficient (Wildman–Crippen LogP) is 1.98. The highest BCUT2D eigenvalue weighted by Gasteiger charge is 2.11. The van der Waals surface area contributed by atoms with Crippen LogP contribution in [0, 0.1) is 0 Å². The van der Waals surface area contributed by atoms with Crippen LogP contribution in [-0.4, -0.2) is 42.4 Å². The van der Waals surface area contributed by atoms with Crippen molar-refractivity contribution in [2.45, 2.75) is 17.7 Å². The van der Waals surface area contributed by atoms with Crippen molar-refractivity contribution >= 4 is 23.4 Å². The van der Waals surface area contributed by atoms with E-state index < -0.39 is 0 Å². The molecule has 1 aliphatic heterocycles. The van der Waals surface area contributed by atoms with Crippen LogP contribution in [0.2, 0.25) is 0 Å². The molecule has 0 atom stereocenters. The molecule has 1 aromatic rings. The summed E-state index contributed by atoms with van der Waals surface area (Å²) in [6.07, 6.45) is 1.89. The number of carbonyl (C=O) groups is 1. The van der Waals surface area contributed by atoms with Gasteiger partial charge in [0.15, 0.2) is 0 Å². The van der Waals surface area contributed by atoms with E-state index in [4.69, 9.17) is 0 Å². The molecule has 0 aromatic heterocycles. The number of thioether (sulfide) groups is 1. The lowest BCUT2D eigenvalue weighted by molar-refractivity contribution is -0.118. The van der Waals surface area contributed by atoms with Crippen LogP contribution in [0.15, 0.2) is 40.3 Å². The lowest BCUT2D eigenvalue weighted by Crippen LogP contribution is -2.32. The van der Waals surface area contributed by atoms with E-state index in [-0.39, 0.29) is 5.91 Å². The lowest BCUT2D eigenvalue weighted by atomic mass is 10.1. The Hall–Kier alpha value is -1.33. The van der Waals surface area contributed by atoms with Gasteiger partial charge in [0.1, 0.15) is 0 Å². The summed E-state index contributed by atoms with van der Waals surface area (Å²) in [5.74, 6) is 0.362. The molecule has 1 saturated heterocycles. The highest BCUT2D eigenvalue weighted by atomic mass is 32.2. The average Bonchev–Trinajstić information content (AvgIpc) is 2.45. The molecule has 1 aromatic carbocycles. The van der Waals surface area contributed by atoms with Crippen molar-refractivity contribution in [3.63, 3.8) is 0 Å². The number of carbonyl (C=O) groups excluding carboxylic acids is 1. The number of piperidine rings is 1. The maximum atomic E-state index is 11.7. The molecule has 0 radical (unpaired) electrons. The molecule has 102 valence electrons. The van der Waals surface area contributed by atoms with Crippen molar-refractivity contribution < 1.29 is 4.79 Å².